The molecule has 0 saturated heterocycles. The molecule has 0 unspecified atom stereocenters. The smallest absolute Gasteiger partial charge is 0.337 e. The first-order valence-corrected chi connectivity index (χ1v) is 10.3. The molecule has 3 aromatic rings. The number of methoxy groups -OCH3 is 1. The second-order valence-corrected chi connectivity index (χ2v) is 7.32. The predicted octanol–water partition coefficient (Wildman–Crippen LogP) is 4.79. The molecule has 0 fully saturated rings. The molecule has 0 spiro atoms. The molecule has 0 aliphatic heterocycles. The highest BCUT2D eigenvalue weighted by atomic mass is 16.5. The average Bonchev–Trinajstić information content (AvgIpc) is 2.79. The van der Waals surface area contributed by atoms with Gasteiger partial charge < -0.3 is 25.8 Å². The maximum atomic E-state index is 12.6. The van der Waals surface area contributed by atoms with Crippen molar-refractivity contribution in [2.45, 2.75) is 13.8 Å². The van der Waals surface area contributed by atoms with E-state index in [1.165, 1.54) is 24.3 Å². The highest BCUT2D eigenvalue weighted by Gasteiger charge is 2.17. The van der Waals surface area contributed by atoms with E-state index in [4.69, 9.17) is 4.74 Å². The number of amides is 1. The van der Waals surface area contributed by atoms with Crippen molar-refractivity contribution >= 4 is 28.9 Å². The van der Waals surface area contributed by atoms with Gasteiger partial charge in [0.05, 0.1) is 23.9 Å². The lowest BCUT2D eigenvalue weighted by atomic mass is 10.1. The fraction of sp³-hybridized carbons (Fsp3) is 0.200. The van der Waals surface area contributed by atoms with Gasteiger partial charge in [0.2, 0.25) is 0 Å². The predicted molar refractivity (Wildman–Crippen MR) is 127 cm³/mol. The molecule has 4 N–H and O–H groups in total. The Kier molecular flexibility index (Phi) is 7.33. The summed E-state index contributed by atoms with van der Waals surface area (Å²) in [5.74, 6) is -1.16. The van der Waals surface area contributed by atoms with Crippen molar-refractivity contribution in [1.82, 2.24) is 0 Å². The van der Waals surface area contributed by atoms with Gasteiger partial charge in [-0.15, -0.1) is 0 Å². The quantitative estimate of drug-likeness (QED) is 0.362. The van der Waals surface area contributed by atoms with Gasteiger partial charge >= 0.3 is 5.97 Å². The van der Waals surface area contributed by atoms with Crippen LogP contribution < -0.4 is 20.7 Å². The summed E-state index contributed by atoms with van der Waals surface area (Å²) in [6, 6.07) is 17.7. The zero-order valence-electron chi connectivity index (χ0n) is 18.4. The zero-order valence-corrected chi connectivity index (χ0v) is 18.4. The minimum absolute atomic E-state index is 0.000681. The van der Waals surface area contributed by atoms with Gasteiger partial charge in [-0.25, -0.2) is 4.79 Å². The zero-order chi connectivity index (χ0) is 23.1. The first-order valence-electron chi connectivity index (χ1n) is 10.3. The largest absolute Gasteiger partial charge is 0.496 e. The normalized spacial score (nSPS) is 10.3. The monoisotopic (exact) mass is 433 g/mol. The van der Waals surface area contributed by atoms with Gasteiger partial charge in [0, 0.05) is 24.5 Å². The summed E-state index contributed by atoms with van der Waals surface area (Å²) in [5.41, 5.74) is 4.70. The lowest BCUT2D eigenvalue weighted by Crippen LogP contribution is -2.17. The van der Waals surface area contributed by atoms with E-state index in [0.29, 0.717) is 30.1 Å². The molecule has 1 amide bonds. The number of hydrogen-bond donors (Lipinski definition) is 4. The Bertz CT molecular complexity index is 1130. The van der Waals surface area contributed by atoms with Crippen LogP contribution in [0.25, 0.3) is 0 Å². The number of benzene rings is 3. The Morgan fingerprint density at radius 2 is 1.62 bits per heavy atom. The summed E-state index contributed by atoms with van der Waals surface area (Å²) in [5, 5.41) is 18.9. The second kappa shape index (κ2) is 10.3. The van der Waals surface area contributed by atoms with Crippen molar-refractivity contribution in [3.8, 4) is 5.75 Å². The molecule has 7 heteroatoms. The van der Waals surface area contributed by atoms with E-state index in [2.05, 4.69) is 35.9 Å². The van der Waals surface area contributed by atoms with Crippen molar-refractivity contribution in [3.05, 3.63) is 82.9 Å². The number of aryl methyl sites for hydroxylation is 1. The van der Waals surface area contributed by atoms with Crippen LogP contribution in [0.5, 0.6) is 5.75 Å². The minimum atomic E-state index is -1.13. The minimum Gasteiger partial charge on any atom is -0.496 e. The fourth-order valence-corrected chi connectivity index (χ4v) is 3.31. The van der Waals surface area contributed by atoms with Crippen LogP contribution in [0, 0.1) is 13.8 Å². The average molecular weight is 434 g/mol. The number of aromatic carboxylic acids is 1. The third-order valence-electron chi connectivity index (χ3n) is 5.22. The number of carbonyl (C=O) groups excluding carboxylic acids is 1. The third kappa shape index (κ3) is 5.37. The van der Waals surface area contributed by atoms with Gasteiger partial charge in [-0.05, 0) is 61.4 Å². The summed E-state index contributed by atoms with van der Waals surface area (Å²) in [6.07, 6.45) is 0. The molecule has 0 aromatic heterocycles. The van der Waals surface area contributed by atoms with Crippen molar-refractivity contribution < 1.29 is 19.4 Å². The summed E-state index contributed by atoms with van der Waals surface area (Å²) in [4.78, 5) is 24.4. The number of carboxylic acid groups (broad SMARTS) is 1. The molecule has 0 atom stereocenters. The summed E-state index contributed by atoms with van der Waals surface area (Å²) in [6.45, 7) is 5.40. The summed E-state index contributed by atoms with van der Waals surface area (Å²) in [7, 11) is 1.48. The van der Waals surface area contributed by atoms with Gasteiger partial charge in [0.25, 0.3) is 5.91 Å². The molecule has 0 aliphatic rings. The molecular formula is C25H27N3O4. The van der Waals surface area contributed by atoms with E-state index >= 15 is 0 Å². The first kappa shape index (κ1) is 22.7. The van der Waals surface area contributed by atoms with Crippen LogP contribution in [-0.4, -0.2) is 37.2 Å². The van der Waals surface area contributed by atoms with Crippen molar-refractivity contribution in [2.24, 2.45) is 0 Å². The molecule has 3 rings (SSSR count). The molecule has 0 aliphatic carbocycles. The topological polar surface area (TPSA) is 99.7 Å². The van der Waals surface area contributed by atoms with Crippen LogP contribution in [0.15, 0.2) is 60.7 Å². The van der Waals surface area contributed by atoms with Gasteiger partial charge in [0.1, 0.15) is 5.75 Å². The van der Waals surface area contributed by atoms with E-state index in [9.17, 15) is 14.7 Å². The lowest BCUT2D eigenvalue weighted by molar-refractivity contribution is 0.0698. The van der Waals surface area contributed by atoms with E-state index < -0.39 is 11.9 Å². The highest BCUT2D eigenvalue weighted by Crippen LogP contribution is 2.24. The van der Waals surface area contributed by atoms with Crippen LogP contribution >= 0.6 is 0 Å². The van der Waals surface area contributed by atoms with Crippen molar-refractivity contribution in [2.75, 3.05) is 36.1 Å². The van der Waals surface area contributed by atoms with Gasteiger partial charge in [0.15, 0.2) is 0 Å². The molecule has 3 aromatic carbocycles. The maximum Gasteiger partial charge on any atom is 0.337 e. The molecular weight excluding hydrogens is 406 g/mol. The number of hydrogen-bond acceptors (Lipinski definition) is 5. The van der Waals surface area contributed by atoms with Crippen molar-refractivity contribution in [1.29, 1.82) is 0 Å². The Morgan fingerprint density at radius 3 is 2.38 bits per heavy atom. The number of rotatable bonds is 9. The molecule has 7 nitrogen and oxygen atoms in total. The Balaban J connectivity index is 1.66. The van der Waals surface area contributed by atoms with E-state index in [-0.39, 0.29) is 11.3 Å². The van der Waals surface area contributed by atoms with Gasteiger partial charge in [-0.1, -0.05) is 24.3 Å². The van der Waals surface area contributed by atoms with Crippen LogP contribution in [0.2, 0.25) is 0 Å². The van der Waals surface area contributed by atoms with Gasteiger partial charge in [-0.2, -0.15) is 0 Å². The molecule has 0 radical (unpaired) electrons. The van der Waals surface area contributed by atoms with Crippen LogP contribution in [0.3, 0.4) is 0 Å². The molecule has 0 heterocycles. The first-order chi connectivity index (χ1) is 15.4. The number of ether oxygens (including phenoxy) is 1. The Hall–Kier alpha value is -4.00. The van der Waals surface area contributed by atoms with E-state index in [1.54, 1.807) is 36.4 Å². The third-order valence-corrected chi connectivity index (χ3v) is 5.22. The molecule has 0 saturated carbocycles. The van der Waals surface area contributed by atoms with Crippen molar-refractivity contribution in [3.63, 3.8) is 0 Å². The number of para-hydroxylation sites is 1. The van der Waals surface area contributed by atoms with Crippen LogP contribution in [0.1, 0.15) is 31.8 Å². The number of carbonyl (C=O) groups is 2. The number of anilines is 3. The highest BCUT2D eigenvalue weighted by molar-refractivity contribution is 6.09. The fourth-order valence-electron chi connectivity index (χ4n) is 3.31. The molecule has 166 valence electrons. The Labute approximate surface area is 187 Å². The summed E-state index contributed by atoms with van der Waals surface area (Å²) >= 11 is 0. The van der Waals surface area contributed by atoms with E-state index in [1.807, 2.05) is 12.1 Å². The number of carboxylic acids is 1. The Morgan fingerprint density at radius 1 is 0.875 bits per heavy atom. The lowest BCUT2D eigenvalue weighted by Gasteiger charge is -2.14. The number of nitrogens with one attached hydrogen (secondary N) is 3. The second-order valence-electron chi connectivity index (χ2n) is 7.32. The maximum absolute atomic E-state index is 12.6. The van der Waals surface area contributed by atoms with Crippen LogP contribution in [0.4, 0.5) is 17.1 Å². The molecule has 0 bridgehead atoms. The molecule has 32 heavy (non-hydrogen) atoms. The van der Waals surface area contributed by atoms with E-state index in [0.717, 1.165) is 5.69 Å². The standard InChI is InChI=1S/C25H27N3O4/c1-16-7-6-9-21(17(16)2)27-14-13-26-18-11-12-22(20(15-18)25(30)31)28-24(29)19-8-4-5-10-23(19)32-3/h4-12,15,26-27H,13-14H2,1-3H3,(H,28,29)(H,30,31). The SMILES string of the molecule is COc1ccccc1C(=O)Nc1ccc(NCCNc2cccc(C)c2C)cc1C(=O)O. The summed E-state index contributed by atoms with van der Waals surface area (Å²) < 4.78 is 5.21. The van der Waals surface area contributed by atoms with Crippen LogP contribution in [-0.2, 0) is 0 Å². The van der Waals surface area contributed by atoms with Gasteiger partial charge in [-0.3, -0.25) is 4.79 Å².